The second-order valence-electron chi connectivity index (χ2n) is 4.47. The summed E-state index contributed by atoms with van der Waals surface area (Å²) in [5.74, 6) is -0.240. The number of nitrogens with zero attached hydrogens (tertiary/aromatic N) is 4. The predicted octanol–water partition coefficient (Wildman–Crippen LogP) is 0.793. The molecule has 2 rings (SSSR count). The molecule has 0 unspecified atom stereocenters. The van der Waals surface area contributed by atoms with Crippen molar-refractivity contribution in [2.75, 3.05) is 31.7 Å². The molecule has 0 aliphatic carbocycles. The van der Waals surface area contributed by atoms with Gasteiger partial charge in [0.1, 0.15) is 5.75 Å². The van der Waals surface area contributed by atoms with Crippen molar-refractivity contribution in [3.05, 3.63) is 30.0 Å². The second kappa shape index (κ2) is 6.90. The fraction of sp³-hybridized carbons (Fsp3) is 0.357. The Labute approximate surface area is 127 Å². The molecule has 8 nitrogen and oxygen atoms in total. The highest BCUT2D eigenvalue weighted by atomic mass is 16.5. The van der Waals surface area contributed by atoms with Crippen molar-refractivity contribution in [1.82, 2.24) is 15.0 Å². The van der Waals surface area contributed by atoms with Crippen molar-refractivity contribution >= 4 is 11.8 Å². The zero-order valence-electron chi connectivity index (χ0n) is 12.4. The van der Waals surface area contributed by atoms with Crippen LogP contribution in [-0.4, -0.2) is 58.0 Å². The van der Waals surface area contributed by atoms with Gasteiger partial charge in [-0.1, -0.05) is 0 Å². The van der Waals surface area contributed by atoms with Crippen molar-refractivity contribution < 1.29 is 19.7 Å². The predicted molar refractivity (Wildman–Crippen MR) is 79.8 cm³/mol. The number of carbonyl (C=O) groups is 1. The lowest BCUT2D eigenvalue weighted by Crippen LogP contribution is -2.28. The van der Waals surface area contributed by atoms with Crippen LogP contribution >= 0.6 is 0 Å². The first-order chi connectivity index (χ1) is 10.6. The Kier molecular flexibility index (Phi) is 4.95. The number of carboxylic acids is 1. The van der Waals surface area contributed by atoms with Gasteiger partial charge >= 0.3 is 5.97 Å². The highest BCUT2D eigenvalue weighted by Gasteiger charge is 2.22. The third kappa shape index (κ3) is 3.17. The zero-order valence-corrected chi connectivity index (χ0v) is 12.4. The standard InChI is InChI=1S/C14H18N4O4/c1-3-17(8-9-19)13-12(14(20)21)15-18(16-13)10-4-6-11(22-2)7-5-10/h4-7,19H,3,8-9H2,1-2H3,(H,20,21). The molecule has 2 N–H and O–H groups in total. The minimum absolute atomic E-state index is 0.0949. The number of aliphatic hydroxyl groups is 1. The number of aliphatic hydroxyl groups excluding tert-OH is 1. The molecule has 22 heavy (non-hydrogen) atoms. The van der Waals surface area contributed by atoms with E-state index in [1.54, 1.807) is 36.3 Å². The van der Waals surface area contributed by atoms with Gasteiger partial charge in [-0.15, -0.1) is 15.0 Å². The molecule has 1 aromatic carbocycles. The molecule has 0 saturated heterocycles. The Hall–Kier alpha value is -2.61. The molecule has 0 fully saturated rings. The lowest BCUT2D eigenvalue weighted by molar-refractivity contribution is 0.0690. The smallest absolute Gasteiger partial charge is 0.360 e. The minimum Gasteiger partial charge on any atom is -0.497 e. The highest BCUT2D eigenvalue weighted by Crippen LogP contribution is 2.19. The Morgan fingerprint density at radius 3 is 2.50 bits per heavy atom. The van der Waals surface area contributed by atoms with Crippen molar-refractivity contribution in [3.63, 3.8) is 0 Å². The molecular formula is C14H18N4O4. The Morgan fingerprint density at radius 1 is 1.32 bits per heavy atom. The van der Waals surface area contributed by atoms with Crippen LogP contribution in [0, 0.1) is 0 Å². The maximum atomic E-state index is 11.4. The van der Waals surface area contributed by atoms with Gasteiger partial charge in [0.05, 0.1) is 19.4 Å². The number of ether oxygens (including phenoxy) is 1. The van der Waals surface area contributed by atoms with Gasteiger partial charge < -0.3 is 19.8 Å². The molecule has 0 spiro atoms. The van der Waals surface area contributed by atoms with Crippen LogP contribution in [0.3, 0.4) is 0 Å². The van der Waals surface area contributed by atoms with Crippen LogP contribution in [0.4, 0.5) is 5.82 Å². The number of carboxylic acid groups (broad SMARTS) is 1. The molecule has 0 aliphatic heterocycles. The Bertz CT molecular complexity index is 639. The van der Waals surface area contributed by atoms with Crippen molar-refractivity contribution in [3.8, 4) is 11.4 Å². The monoisotopic (exact) mass is 306 g/mol. The van der Waals surface area contributed by atoms with E-state index in [1.807, 2.05) is 6.92 Å². The Morgan fingerprint density at radius 2 is 2.00 bits per heavy atom. The van der Waals surface area contributed by atoms with Gasteiger partial charge in [0, 0.05) is 13.1 Å². The molecule has 1 heterocycles. The van der Waals surface area contributed by atoms with Gasteiger partial charge in [-0.2, -0.15) is 0 Å². The van der Waals surface area contributed by atoms with Gasteiger partial charge in [-0.3, -0.25) is 0 Å². The molecule has 1 aromatic heterocycles. The molecule has 8 heteroatoms. The molecule has 0 bridgehead atoms. The van der Waals surface area contributed by atoms with Crippen LogP contribution in [0.2, 0.25) is 0 Å². The summed E-state index contributed by atoms with van der Waals surface area (Å²) in [4.78, 5) is 14.3. The second-order valence-corrected chi connectivity index (χ2v) is 4.47. The average Bonchev–Trinajstić information content (AvgIpc) is 2.98. The lowest BCUT2D eigenvalue weighted by Gasteiger charge is -2.18. The quantitative estimate of drug-likeness (QED) is 0.780. The number of likely N-dealkylation sites (N-methyl/N-ethyl adjacent to an activating group) is 1. The van der Waals surface area contributed by atoms with Gasteiger partial charge in [-0.25, -0.2) is 4.79 Å². The molecular weight excluding hydrogens is 288 g/mol. The largest absolute Gasteiger partial charge is 0.497 e. The number of rotatable bonds is 7. The molecule has 0 amide bonds. The van der Waals surface area contributed by atoms with E-state index < -0.39 is 5.97 Å². The number of methoxy groups -OCH3 is 1. The van der Waals surface area contributed by atoms with E-state index in [-0.39, 0.29) is 24.7 Å². The van der Waals surface area contributed by atoms with E-state index in [0.29, 0.717) is 18.0 Å². The SMILES string of the molecule is CCN(CCO)c1nn(-c2ccc(OC)cc2)nc1C(=O)O. The summed E-state index contributed by atoms with van der Waals surface area (Å²) in [6.07, 6.45) is 0. The van der Waals surface area contributed by atoms with E-state index >= 15 is 0 Å². The van der Waals surface area contributed by atoms with Gasteiger partial charge in [0.2, 0.25) is 5.69 Å². The zero-order chi connectivity index (χ0) is 16.1. The van der Waals surface area contributed by atoms with Crippen LogP contribution in [0.1, 0.15) is 17.4 Å². The maximum absolute atomic E-state index is 11.4. The van der Waals surface area contributed by atoms with Crippen LogP contribution in [0.25, 0.3) is 5.69 Å². The summed E-state index contributed by atoms with van der Waals surface area (Å²) in [5.41, 5.74) is 0.473. The number of benzene rings is 1. The van der Waals surface area contributed by atoms with Gasteiger partial charge in [0.25, 0.3) is 0 Å². The number of anilines is 1. The molecule has 0 saturated carbocycles. The number of hydrogen-bond acceptors (Lipinski definition) is 6. The first-order valence-corrected chi connectivity index (χ1v) is 6.81. The van der Waals surface area contributed by atoms with E-state index in [1.165, 1.54) is 4.80 Å². The topological polar surface area (TPSA) is 101 Å². The fourth-order valence-electron chi connectivity index (χ4n) is 2.02. The third-order valence-electron chi connectivity index (χ3n) is 3.15. The van der Waals surface area contributed by atoms with Gasteiger partial charge in [-0.05, 0) is 31.2 Å². The first-order valence-electron chi connectivity index (χ1n) is 6.81. The molecule has 0 atom stereocenters. The van der Waals surface area contributed by atoms with Crippen molar-refractivity contribution in [1.29, 1.82) is 0 Å². The molecule has 118 valence electrons. The van der Waals surface area contributed by atoms with Crippen LogP contribution in [0.15, 0.2) is 24.3 Å². The van der Waals surface area contributed by atoms with E-state index in [9.17, 15) is 9.90 Å². The normalized spacial score (nSPS) is 10.5. The minimum atomic E-state index is -1.16. The van der Waals surface area contributed by atoms with E-state index in [2.05, 4.69) is 10.2 Å². The summed E-state index contributed by atoms with van der Waals surface area (Å²) in [5, 5.41) is 26.7. The fourth-order valence-corrected chi connectivity index (χ4v) is 2.02. The lowest BCUT2D eigenvalue weighted by atomic mass is 10.3. The van der Waals surface area contributed by atoms with E-state index in [0.717, 1.165) is 0 Å². The van der Waals surface area contributed by atoms with E-state index in [4.69, 9.17) is 9.84 Å². The van der Waals surface area contributed by atoms with Crippen LogP contribution in [0.5, 0.6) is 5.75 Å². The maximum Gasteiger partial charge on any atom is 0.360 e. The van der Waals surface area contributed by atoms with Crippen LogP contribution in [-0.2, 0) is 0 Å². The summed E-state index contributed by atoms with van der Waals surface area (Å²) >= 11 is 0. The highest BCUT2D eigenvalue weighted by molar-refractivity contribution is 5.91. The molecule has 0 radical (unpaired) electrons. The van der Waals surface area contributed by atoms with Crippen molar-refractivity contribution in [2.24, 2.45) is 0 Å². The summed E-state index contributed by atoms with van der Waals surface area (Å²) in [6, 6.07) is 6.95. The first kappa shape index (κ1) is 15.8. The molecule has 2 aromatic rings. The number of aromatic nitrogens is 3. The summed E-state index contributed by atoms with van der Waals surface area (Å²) < 4.78 is 5.08. The Balaban J connectivity index is 2.42. The van der Waals surface area contributed by atoms with Gasteiger partial charge in [0.15, 0.2) is 5.82 Å². The summed E-state index contributed by atoms with van der Waals surface area (Å²) in [7, 11) is 1.57. The number of aromatic carboxylic acids is 1. The molecule has 0 aliphatic rings. The third-order valence-corrected chi connectivity index (χ3v) is 3.15. The number of hydrogen-bond donors (Lipinski definition) is 2. The van der Waals surface area contributed by atoms with Crippen LogP contribution < -0.4 is 9.64 Å². The average molecular weight is 306 g/mol. The summed E-state index contributed by atoms with van der Waals surface area (Å²) in [6.45, 7) is 2.57. The van der Waals surface area contributed by atoms with Crippen molar-refractivity contribution in [2.45, 2.75) is 6.92 Å².